The van der Waals surface area contributed by atoms with Gasteiger partial charge in [0.2, 0.25) is 0 Å². The third-order valence-electron chi connectivity index (χ3n) is 1.66. The van der Waals surface area contributed by atoms with Gasteiger partial charge in [-0.2, -0.15) is 0 Å². The van der Waals surface area contributed by atoms with Gasteiger partial charge in [0.1, 0.15) is 0 Å². The van der Waals surface area contributed by atoms with Crippen molar-refractivity contribution >= 4 is 12.4 Å². The summed E-state index contributed by atoms with van der Waals surface area (Å²) in [6.07, 6.45) is 0.978. The summed E-state index contributed by atoms with van der Waals surface area (Å²) in [6, 6.07) is 0. The van der Waals surface area contributed by atoms with Crippen LogP contribution in [0.5, 0.6) is 0 Å². The zero-order valence-electron chi connectivity index (χ0n) is 5.08. The predicted octanol–water partition coefficient (Wildman–Crippen LogP) is -0.747. The lowest BCUT2D eigenvalue weighted by atomic mass is 10.1. The number of rotatable bonds is 2. The Morgan fingerprint density at radius 2 is 2.00 bits per heavy atom. The van der Waals surface area contributed by atoms with E-state index in [1.54, 1.807) is 0 Å². The standard InChI is InChI=1S/C5H11NO2.ClH/c6-5(1-2-5)4(8)3-7;/h4,7-8H,1-3,6H2;1H. The fraction of sp³-hybridized carbons (Fsp3) is 1.00. The summed E-state index contributed by atoms with van der Waals surface area (Å²) in [7, 11) is 0. The summed E-state index contributed by atoms with van der Waals surface area (Å²) in [5, 5.41) is 17.3. The molecule has 4 N–H and O–H groups in total. The van der Waals surface area contributed by atoms with Gasteiger partial charge in [0, 0.05) is 5.54 Å². The molecule has 1 aliphatic rings. The van der Waals surface area contributed by atoms with Crippen LogP contribution in [-0.4, -0.2) is 28.5 Å². The van der Waals surface area contributed by atoms with Crippen LogP contribution in [-0.2, 0) is 0 Å². The van der Waals surface area contributed by atoms with E-state index in [4.69, 9.17) is 15.9 Å². The monoisotopic (exact) mass is 153 g/mol. The molecule has 0 aromatic rings. The Labute approximate surface area is 60.3 Å². The quantitative estimate of drug-likeness (QED) is 0.489. The van der Waals surface area contributed by atoms with E-state index in [1.165, 1.54) is 0 Å². The molecule has 1 saturated carbocycles. The second-order valence-corrected chi connectivity index (χ2v) is 2.43. The van der Waals surface area contributed by atoms with Gasteiger partial charge in [-0.3, -0.25) is 0 Å². The van der Waals surface area contributed by atoms with Crippen molar-refractivity contribution in [2.75, 3.05) is 6.61 Å². The van der Waals surface area contributed by atoms with Crippen LogP contribution in [0, 0.1) is 0 Å². The van der Waals surface area contributed by atoms with Gasteiger partial charge in [-0.05, 0) is 12.8 Å². The molecule has 3 nitrogen and oxygen atoms in total. The third-order valence-corrected chi connectivity index (χ3v) is 1.66. The first kappa shape index (κ1) is 9.17. The van der Waals surface area contributed by atoms with E-state index < -0.39 is 11.6 Å². The predicted molar refractivity (Wildman–Crippen MR) is 36.5 cm³/mol. The molecule has 56 valence electrons. The zero-order valence-corrected chi connectivity index (χ0v) is 5.90. The van der Waals surface area contributed by atoms with Crippen molar-refractivity contribution < 1.29 is 10.2 Å². The SMILES string of the molecule is Cl.NC1(C(O)CO)CC1. The molecular formula is C5H12ClNO2. The minimum atomic E-state index is -0.706. The smallest absolute Gasteiger partial charge is 0.0949 e. The van der Waals surface area contributed by atoms with Crippen LogP contribution >= 0.6 is 12.4 Å². The minimum Gasteiger partial charge on any atom is -0.394 e. The molecule has 0 aliphatic heterocycles. The molecule has 0 spiro atoms. The van der Waals surface area contributed by atoms with Crippen LogP contribution in [0.2, 0.25) is 0 Å². The number of nitrogens with two attached hydrogens (primary N) is 1. The van der Waals surface area contributed by atoms with Crippen molar-refractivity contribution in [2.45, 2.75) is 24.5 Å². The molecule has 0 radical (unpaired) electrons. The fourth-order valence-corrected chi connectivity index (χ4v) is 0.659. The molecule has 1 rings (SSSR count). The van der Waals surface area contributed by atoms with Gasteiger partial charge in [-0.15, -0.1) is 12.4 Å². The van der Waals surface area contributed by atoms with Crippen molar-refractivity contribution in [3.8, 4) is 0 Å². The fourth-order valence-electron chi connectivity index (χ4n) is 0.659. The minimum absolute atomic E-state index is 0. The third kappa shape index (κ3) is 1.79. The van der Waals surface area contributed by atoms with E-state index in [0.29, 0.717) is 0 Å². The molecular weight excluding hydrogens is 142 g/mol. The summed E-state index contributed by atoms with van der Waals surface area (Å²) in [6.45, 7) is -0.212. The highest BCUT2D eigenvalue weighted by Gasteiger charge is 2.44. The summed E-state index contributed by atoms with van der Waals surface area (Å²) >= 11 is 0. The molecule has 0 bridgehead atoms. The Morgan fingerprint density at radius 3 is 2.11 bits per heavy atom. The van der Waals surface area contributed by atoms with Crippen LogP contribution in [0.4, 0.5) is 0 Å². The zero-order chi connectivity index (χ0) is 6.20. The van der Waals surface area contributed by atoms with Crippen LogP contribution in [0.3, 0.4) is 0 Å². The molecule has 1 fully saturated rings. The first-order chi connectivity index (χ1) is 3.69. The van der Waals surface area contributed by atoms with Gasteiger partial charge in [-0.1, -0.05) is 0 Å². The maximum absolute atomic E-state index is 8.88. The highest BCUT2D eigenvalue weighted by Crippen LogP contribution is 2.35. The average Bonchev–Trinajstić information content (AvgIpc) is 2.47. The Kier molecular flexibility index (Phi) is 2.89. The van der Waals surface area contributed by atoms with Gasteiger partial charge < -0.3 is 15.9 Å². The summed E-state index contributed by atoms with van der Waals surface area (Å²) in [5.74, 6) is 0. The highest BCUT2D eigenvalue weighted by molar-refractivity contribution is 5.85. The number of halogens is 1. The van der Waals surface area contributed by atoms with Crippen LogP contribution < -0.4 is 5.73 Å². The number of hydrogen-bond acceptors (Lipinski definition) is 3. The normalized spacial score (nSPS) is 24.3. The van der Waals surface area contributed by atoms with E-state index in [-0.39, 0.29) is 19.0 Å². The molecule has 0 amide bonds. The van der Waals surface area contributed by atoms with E-state index in [1.807, 2.05) is 0 Å². The lowest BCUT2D eigenvalue weighted by Crippen LogP contribution is -2.39. The Morgan fingerprint density at radius 1 is 1.56 bits per heavy atom. The van der Waals surface area contributed by atoms with Crippen LogP contribution in [0.25, 0.3) is 0 Å². The first-order valence-corrected chi connectivity index (χ1v) is 2.77. The topological polar surface area (TPSA) is 66.5 Å². The Hall–Kier alpha value is 0.170. The molecule has 1 aliphatic carbocycles. The average molecular weight is 154 g/mol. The lowest BCUT2D eigenvalue weighted by molar-refractivity contribution is 0.0665. The number of aliphatic hydroxyl groups is 2. The van der Waals surface area contributed by atoms with Gasteiger partial charge in [-0.25, -0.2) is 0 Å². The van der Waals surface area contributed by atoms with E-state index in [2.05, 4.69) is 0 Å². The summed E-state index contributed by atoms with van der Waals surface area (Å²) < 4.78 is 0. The van der Waals surface area contributed by atoms with Crippen molar-refractivity contribution in [3.05, 3.63) is 0 Å². The van der Waals surface area contributed by atoms with Crippen LogP contribution in [0.1, 0.15) is 12.8 Å². The number of hydrogen-bond donors (Lipinski definition) is 3. The van der Waals surface area contributed by atoms with Crippen LogP contribution in [0.15, 0.2) is 0 Å². The summed E-state index contributed by atoms with van der Waals surface area (Å²) in [4.78, 5) is 0. The van der Waals surface area contributed by atoms with Crippen molar-refractivity contribution in [1.82, 2.24) is 0 Å². The maximum Gasteiger partial charge on any atom is 0.0949 e. The summed E-state index contributed by atoms with van der Waals surface area (Å²) in [5.41, 5.74) is 5.05. The molecule has 0 heterocycles. The number of aliphatic hydroxyl groups excluding tert-OH is 2. The Balaban J connectivity index is 0.000000640. The van der Waals surface area contributed by atoms with Gasteiger partial charge in [0.25, 0.3) is 0 Å². The second-order valence-electron chi connectivity index (χ2n) is 2.43. The first-order valence-electron chi connectivity index (χ1n) is 2.77. The van der Waals surface area contributed by atoms with Gasteiger partial charge in [0.15, 0.2) is 0 Å². The molecule has 9 heavy (non-hydrogen) atoms. The van der Waals surface area contributed by atoms with E-state index >= 15 is 0 Å². The molecule has 0 saturated heterocycles. The molecule has 1 atom stereocenters. The highest BCUT2D eigenvalue weighted by atomic mass is 35.5. The van der Waals surface area contributed by atoms with Crippen molar-refractivity contribution in [2.24, 2.45) is 5.73 Å². The van der Waals surface area contributed by atoms with Crippen molar-refractivity contribution in [1.29, 1.82) is 0 Å². The molecule has 1 unspecified atom stereocenters. The molecule has 4 heteroatoms. The van der Waals surface area contributed by atoms with Crippen molar-refractivity contribution in [3.63, 3.8) is 0 Å². The second kappa shape index (κ2) is 2.84. The van der Waals surface area contributed by atoms with E-state index in [9.17, 15) is 0 Å². The lowest BCUT2D eigenvalue weighted by Gasteiger charge is -2.13. The largest absolute Gasteiger partial charge is 0.394 e. The maximum atomic E-state index is 8.88. The Bertz CT molecular complexity index is 95.0. The van der Waals surface area contributed by atoms with Gasteiger partial charge >= 0.3 is 0 Å². The molecule has 0 aromatic carbocycles. The molecule has 0 aromatic heterocycles. The van der Waals surface area contributed by atoms with Gasteiger partial charge in [0.05, 0.1) is 12.7 Å². The van der Waals surface area contributed by atoms with E-state index in [0.717, 1.165) is 12.8 Å².